The van der Waals surface area contributed by atoms with Crippen molar-refractivity contribution in [2.45, 2.75) is 6.92 Å². The van der Waals surface area contributed by atoms with E-state index in [4.69, 9.17) is 0 Å². The van der Waals surface area contributed by atoms with Crippen molar-refractivity contribution in [2.75, 3.05) is 22.9 Å². The van der Waals surface area contributed by atoms with Crippen LogP contribution in [0.15, 0.2) is 48.9 Å². The van der Waals surface area contributed by atoms with Gasteiger partial charge in [-0.3, -0.25) is 14.8 Å². The molecule has 1 fully saturated rings. The third-order valence-electron chi connectivity index (χ3n) is 4.16. The number of nitrogens with zero attached hydrogens (tertiary/aromatic N) is 3. The standard InChI is InChI=1S/C17H16N4O/c1-12-4-6-18-11-16(12)21-9-8-20(17(21)22)14-3-2-13-5-7-19-15(13)10-14/h2-7,10-11,19H,8-9H2,1H3. The maximum atomic E-state index is 12.7. The lowest BCUT2D eigenvalue weighted by Crippen LogP contribution is -2.32. The second-order valence-electron chi connectivity index (χ2n) is 5.50. The van der Waals surface area contributed by atoms with Gasteiger partial charge in [-0.25, -0.2) is 4.79 Å². The number of amides is 2. The van der Waals surface area contributed by atoms with Crippen molar-refractivity contribution < 1.29 is 4.79 Å². The number of nitrogens with one attached hydrogen (secondary N) is 1. The van der Waals surface area contributed by atoms with E-state index >= 15 is 0 Å². The van der Waals surface area contributed by atoms with E-state index in [1.807, 2.05) is 48.4 Å². The molecule has 1 aliphatic heterocycles. The van der Waals surface area contributed by atoms with Gasteiger partial charge in [-0.2, -0.15) is 0 Å². The molecule has 1 aromatic carbocycles. The SMILES string of the molecule is Cc1ccncc1N1CCN(c2ccc3cc[nH]c3c2)C1=O. The Kier molecular flexibility index (Phi) is 2.85. The van der Waals surface area contributed by atoms with Crippen molar-refractivity contribution in [2.24, 2.45) is 0 Å². The normalized spacial score (nSPS) is 15.0. The summed E-state index contributed by atoms with van der Waals surface area (Å²) in [5, 5.41) is 1.15. The minimum absolute atomic E-state index is 0.00186. The molecule has 4 rings (SSSR count). The average molecular weight is 292 g/mol. The van der Waals surface area contributed by atoms with Gasteiger partial charge in [0.25, 0.3) is 0 Å². The van der Waals surface area contributed by atoms with Crippen molar-refractivity contribution in [1.82, 2.24) is 9.97 Å². The molecule has 0 unspecified atom stereocenters. The van der Waals surface area contributed by atoms with Gasteiger partial charge in [0.2, 0.25) is 0 Å². The first-order valence-electron chi connectivity index (χ1n) is 7.31. The molecular formula is C17H16N4O. The number of carbonyl (C=O) groups is 1. The molecular weight excluding hydrogens is 276 g/mol. The van der Waals surface area contributed by atoms with Crippen LogP contribution in [-0.2, 0) is 0 Å². The summed E-state index contributed by atoms with van der Waals surface area (Å²) in [5.41, 5.74) is 3.91. The van der Waals surface area contributed by atoms with Gasteiger partial charge in [0.1, 0.15) is 0 Å². The number of aromatic amines is 1. The summed E-state index contributed by atoms with van der Waals surface area (Å²) < 4.78 is 0. The highest BCUT2D eigenvalue weighted by atomic mass is 16.2. The van der Waals surface area contributed by atoms with Crippen LogP contribution in [0.5, 0.6) is 0 Å². The maximum Gasteiger partial charge on any atom is 0.329 e. The van der Waals surface area contributed by atoms with Crippen molar-refractivity contribution in [3.05, 3.63) is 54.5 Å². The van der Waals surface area contributed by atoms with Gasteiger partial charge in [0.15, 0.2) is 0 Å². The minimum Gasteiger partial charge on any atom is -0.361 e. The Labute approximate surface area is 128 Å². The third kappa shape index (κ3) is 1.94. The van der Waals surface area contributed by atoms with E-state index in [9.17, 15) is 4.79 Å². The zero-order chi connectivity index (χ0) is 15.1. The molecule has 3 aromatic rings. The molecule has 110 valence electrons. The summed E-state index contributed by atoms with van der Waals surface area (Å²) in [5.74, 6) is 0. The molecule has 1 saturated heterocycles. The Bertz CT molecular complexity index is 854. The Balaban J connectivity index is 1.67. The van der Waals surface area contributed by atoms with E-state index < -0.39 is 0 Å². The molecule has 1 aliphatic rings. The molecule has 3 heterocycles. The van der Waals surface area contributed by atoms with Crippen LogP contribution < -0.4 is 9.80 Å². The third-order valence-corrected chi connectivity index (χ3v) is 4.16. The van der Waals surface area contributed by atoms with Gasteiger partial charge in [-0.1, -0.05) is 6.07 Å². The van der Waals surface area contributed by atoms with Crippen LogP contribution in [0, 0.1) is 6.92 Å². The molecule has 5 nitrogen and oxygen atoms in total. The number of carbonyl (C=O) groups excluding carboxylic acids is 1. The minimum atomic E-state index is 0.00186. The second kappa shape index (κ2) is 4.87. The number of anilines is 2. The summed E-state index contributed by atoms with van der Waals surface area (Å²) in [7, 11) is 0. The van der Waals surface area contributed by atoms with E-state index in [1.54, 1.807) is 17.3 Å². The highest BCUT2D eigenvalue weighted by molar-refractivity contribution is 6.07. The predicted octanol–water partition coefficient (Wildman–Crippen LogP) is 3.32. The number of rotatable bonds is 2. The number of aryl methyl sites for hydroxylation is 1. The molecule has 0 spiro atoms. The second-order valence-corrected chi connectivity index (χ2v) is 5.50. The first kappa shape index (κ1) is 12.9. The lowest BCUT2D eigenvalue weighted by Gasteiger charge is -2.20. The number of hydrogen-bond donors (Lipinski definition) is 1. The maximum absolute atomic E-state index is 12.7. The van der Waals surface area contributed by atoms with Crippen LogP contribution in [0.4, 0.5) is 16.2 Å². The number of benzene rings is 1. The number of pyridine rings is 1. The van der Waals surface area contributed by atoms with Gasteiger partial charge >= 0.3 is 6.03 Å². The molecule has 22 heavy (non-hydrogen) atoms. The van der Waals surface area contributed by atoms with E-state index in [0.29, 0.717) is 13.1 Å². The first-order chi connectivity index (χ1) is 10.7. The zero-order valence-electron chi connectivity index (χ0n) is 12.3. The van der Waals surface area contributed by atoms with Gasteiger partial charge in [-0.05, 0) is 42.1 Å². The van der Waals surface area contributed by atoms with Crippen LogP contribution in [0.3, 0.4) is 0 Å². The van der Waals surface area contributed by atoms with Gasteiger partial charge in [0.05, 0.1) is 11.9 Å². The summed E-state index contributed by atoms with van der Waals surface area (Å²) in [6, 6.07) is 10.0. The van der Waals surface area contributed by atoms with Crippen molar-refractivity contribution in [1.29, 1.82) is 0 Å². The number of fused-ring (bicyclic) bond motifs is 1. The summed E-state index contributed by atoms with van der Waals surface area (Å²) in [6.45, 7) is 3.35. The molecule has 0 aliphatic carbocycles. The Hall–Kier alpha value is -2.82. The predicted molar refractivity (Wildman–Crippen MR) is 87.4 cm³/mol. The van der Waals surface area contributed by atoms with Crippen molar-refractivity contribution in [3.63, 3.8) is 0 Å². The summed E-state index contributed by atoms with van der Waals surface area (Å²) in [4.78, 5) is 23.7. The van der Waals surface area contributed by atoms with Crippen LogP contribution in [-0.4, -0.2) is 29.1 Å². The smallest absolute Gasteiger partial charge is 0.329 e. The van der Waals surface area contributed by atoms with Crippen molar-refractivity contribution >= 4 is 28.3 Å². The van der Waals surface area contributed by atoms with Crippen LogP contribution in [0.1, 0.15) is 5.56 Å². The fourth-order valence-electron chi connectivity index (χ4n) is 2.94. The summed E-state index contributed by atoms with van der Waals surface area (Å²) in [6.07, 6.45) is 5.41. The Morgan fingerprint density at radius 1 is 1.14 bits per heavy atom. The van der Waals surface area contributed by atoms with Crippen LogP contribution in [0.2, 0.25) is 0 Å². The van der Waals surface area contributed by atoms with Crippen LogP contribution >= 0.6 is 0 Å². The Morgan fingerprint density at radius 3 is 2.86 bits per heavy atom. The van der Waals surface area contributed by atoms with Gasteiger partial charge in [0, 0.05) is 36.7 Å². The van der Waals surface area contributed by atoms with Crippen LogP contribution in [0.25, 0.3) is 10.9 Å². The van der Waals surface area contributed by atoms with Gasteiger partial charge < -0.3 is 4.98 Å². The molecule has 0 saturated carbocycles. The summed E-state index contributed by atoms with van der Waals surface area (Å²) >= 11 is 0. The topological polar surface area (TPSA) is 52.2 Å². The fraction of sp³-hybridized carbons (Fsp3) is 0.176. The lowest BCUT2D eigenvalue weighted by molar-refractivity contribution is 0.256. The molecule has 0 radical (unpaired) electrons. The highest BCUT2D eigenvalue weighted by Crippen LogP contribution is 2.28. The quantitative estimate of drug-likeness (QED) is 0.787. The first-order valence-corrected chi connectivity index (χ1v) is 7.31. The number of H-pyrrole nitrogens is 1. The van der Waals surface area contributed by atoms with Crippen molar-refractivity contribution in [3.8, 4) is 0 Å². The van der Waals surface area contributed by atoms with E-state index in [1.165, 1.54) is 0 Å². The largest absolute Gasteiger partial charge is 0.361 e. The zero-order valence-corrected chi connectivity index (χ0v) is 12.3. The van der Waals surface area contributed by atoms with E-state index in [2.05, 4.69) is 9.97 Å². The average Bonchev–Trinajstić information content (AvgIpc) is 3.13. The fourth-order valence-corrected chi connectivity index (χ4v) is 2.94. The molecule has 1 N–H and O–H groups in total. The molecule has 0 bridgehead atoms. The molecule has 2 aromatic heterocycles. The number of urea groups is 1. The molecule has 2 amide bonds. The Morgan fingerprint density at radius 2 is 2.00 bits per heavy atom. The monoisotopic (exact) mass is 292 g/mol. The molecule has 5 heteroatoms. The highest BCUT2D eigenvalue weighted by Gasteiger charge is 2.31. The number of aromatic nitrogens is 2. The van der Waals surface area contributed by atoms with Gasteiger partial charge in [-0.15, -0.1) is 0 Å². The van der Waals surface area contributed by atoms with E-state index in [-0.39, 0.29) is 6.03 Å². The molecule has 0 atom stereocenters. The van der Waals surface area contributed by atoms with E-state index in [0.717, 1.165) is 27.8 Å². The number of hydrogen-bond acceptors (Lipinski definition) is 2. The lowest BCUT2D eigenvalue weighted by atomic mass is 10.2.